The van der Waals surface area contributed by atoms with Gasteiger partial charge in [0.2, 0.25) is 0 Å². The second-order valence-electron chi connectivity index (χ2n) is 3.71. The van der Waals surface area contributed by atoms with Crippen LogP contribution in [0.3, 0.4) is 0 Å². The number of rotatable bonds is 2. The van der Waals surface area contributed by atoms with Gasteiger partial charge in [-0.2, -0.15) is 0 Å². The first-order valence-corrected chi connectivity index (χ1v) is 5.71. The molecule has 0 saturated carbocycles. The Morgan fingerprint density at radius 1 is 1.47 bits per heavy atom. The van der Waals surface area contributed by atoms with Crippen LogP contribution in [0.1, 0.15) is 18.2 Å². The lowest BCUT2D eigenvalue weighted by molar-refractivity contribution is 0.954. The second kappa shape index (κ2) is 4.67. The Morgan fingerprint density at radius 3 is 2.88 bits per heavy atom. The highest BCUT2D eigenvalue weighted by atomic mass is 35.5. The van der Waals surface area contributed by atoms with Crippen LogP contribution in [0.5, 0.6) is 0 Å². The van der Waals surface area contributed by atoms with Gasteiger partial charge in [-0.25, -0.2) is 9.97 Å². The van der Waals surface area contributed by atoms with E-state index in [1.165, 1.54) is 0 Å². The van der Waals surface area contributed by atoms with E-state index >= 15 is 0 Å². The highest BCUT2D eigenvalue weighted by Gasteiger charge is 2.08. The Kier molecular flexibility index (Phi) is 3.24. The SMILES string of the molecule is CCc1nc(-c2ccnc(Cl)c2)[nH]c(=O)c1C. The molecule has 5 heteroatoms. The molecule has 88 valence electrons. The zero-order chi connectivity index (χ0) is 12.4. The summed E-state index contributed by atoms with van der Waals surface area (Å²) in [5.41, 5.74) is 2.12. The van der Waals surface area contributed by atoms with Crippen LogP contribution in [0.25, 0.3) is 11.4 Å². The van der Waals surface area contributed by atoms with Crippen molar-refractivity contribution in [3.8, 4) is 11.4 Å². The smallest absolute Gasteiger partial charge is 0.254 e. The maximum absolute atomic E-state index is 11.7. The van der Waals surface area contributed by atoms with Crippen molar-refractivity contribution >= 4 is 11.6 Å². The van der Waals surface area contributed by atoms with Crippen LogP contribution in [0.2, 0.25) is 5.15 Å². The summed E-state index contributed by atoms with van der Waals surface area (Å²) in [6.45, 7) is 3.74. The molecule has 0 atom stereocenters. The summed E-state index contributed by atoms with van der Waals surface area (Å²) < 4.78 is 0. The average Bonchev–Trinajstić information content (AvgIpc) is 2.32. The Bertz CT molecular complexity index is 607. The van der Waals surface area contributed by atoms with Crippen molar-refractivity contribution < 1.29 is 0 Å². The van der Waals surface area contributed by atoms with E-state index in [0.717, 1.165) is 17.7 Å². The number of hydrogen-bond donors (Lipinski definition) is 1. The first kappa shape index (κ1) is 11.8. The van der Waals surface area contributed by atoms with E-state index in [4.69, 9.17) is 11.6 Å². The van der Waals surface area contributed by atoms with E-state index in [1.807, 2.05) is 6.92 Å². The Hall–Kier alpha value is -1.68. The first-order chi connectivity index (χ1) is 8.11. The molecular formula is C12H12ClN3O. The fraction of sp³-hybridized carbons (Fsp3) is 0.250. The summed E-state index contributed by atoms with van der Waals surface area (Å²) in [7, 11) is 0. The maximum atomic E-state index is 11.7. The van der Waals surface area contributed by atoms with E-state index < -0.39 is 0 Å². The lowest BCUT2D eigenvalue weighted by Crippen LogP contribution is -2.15. The van der Waals surface area contributed by atoms with Crippen LogP contribution in [0.15, 0.2) is 23.1 Å². The zero-order valence-electron chi connectivity index (χ0n) is 9.62. The number of aromatic nitrogens is 3. The molecule has 0 saturated heterocycles. The van der Waals surface area contributed by atoms with Gasteiger partial charge in [-0.15, -0.1) is 0 Å². The minimum atomic E-state index is -0.111. The van der Waals surface area contributed by atoms with Crippen molar-refractivity contribution in [3.05, 3.63) is 45.1 Å². The van der Waals surface area contributed by atoms with Gasteiger partial charge in [-0.3, -0.25) is 4.79 Å². The molecule has 0 spiro atoms. The number of aryl methyl sites for hydroxylation is 1. The van der Waals surface area contributed by atoms with Gasteiger partial charge in [0.1, 0.15) is 11.0 Å². The largest absolute Gasteiger partial charge is 0.306 e. The molecule has 0 aliphatic heterocycles. The van der Waals surface area contributed by atoms with Crippen LogP contribution in [0.4, 0.5) is 0 Å². The van der Waals surface area contributed by atoms with Crippen LogP contribution < -0.4 is 5.56 Å². The highest BCUT2D eigenvalue weighted by Crippen LogP contribution is 2.17. The molecule has 1 N–H and O–H groups in total. The first-order valence-electron chi connectivity index (χ1n) is 5.33. The fourth-order valence-electron chi connectivity index (χ4n) is 1.61. The monoisotopic (exact) mass is 249 g/mol. The normalized spacial score (nSPS) is 10.5. The number of nitrogens with one attached hydrogen (secondary N) is 1. The van der Waals surface area contributed by atoms with Crippen molar-refractivity contribution in [2.75, 3.05) is 0 Å². The third kappa shape index (κ3) is 2.36. The van der Waals surface area contributed by atoms with Gasteiger partial charge in [-0.05, 0) is 25.5 Å². The summed E-state index contributed by atoms with van der Waals surface area (Å²) in [5.74, 6) is 0.529. The summed E-state index contributed by atoms with van der Waals surface area (Å²) in [5, 5.41) is 0.378. The van der Waals surface area contributed by atoms with E-state index in [-0.39, 0.29) is 5.56 Å². The standard InChI is InChI=1S/C12H12ClN3O/c1-3-9-7(2)12(17)16-11(15-9)8-4-5-14-10(13)6-8/h4-6H,3H2,1-2H3,(H,15,16,17). The van der Waals surface area contributed by atoms with Crippen LogP contribution in [-0.2, 0) is 6.42 Å². The summed E-state index contributed by atoms with van der Waals surface area (Å²) >= 11 is 5.81. The van der Waals surface area contributed by atoms with E-state index in [9.17, 15) is 4.79 Å². The molecule has 2 rings (SSSR count). The molecule has 2 aromatic rings. The zero-order valence-corrected chi connectivity index (χ0v) is 10.4. The molecule has 0 radical (unpaired) electrons. The number of nitrogens with zero attached hydrogens (tertiary/aromatic N) is 2. The minimum Gasteiger partial charge on any atom is -0.306 e. The van der Waals surface area contributed by atoms with Gasteiger partial charge >= 0.3 is 0 Å². The third-order valence-electron chi connectivity index (χ3n) is 2.59. The van der Waals surface area contributed by atoms with Gasteiger partial charge < -0.3 is 4.98 Å². The molecule has 0 unspecified atom stereocenters. The van der Waals surface area contributed by atoms with Gasteiger partial charge in [0.15, 0.2) is 0 Å². The molecular weight excluding hydrogens is 238 g/mol. The lowest BCUT2D eigenvalue weighted by atomic mass is 10.2. The van der Waals surface area contributed by atoms with Crippen LogP contribution >= 0.6 is 11.6 Å². The summed E-state index contributed by atoms with van der Waals surface area (Å²) in [4.78, 5) is 22.8. The molecule has 0 aliphatic rings. The molecule has 0 aromatic carbocycles. The van der Waals surface area contributed by atoms with E-state index in [1.54, 1.807) is 25.3 Å². The molecule has 2 heterocycles. The molecule has 0 bridgehead atoms. The third-order valence-corrected chi connectivity index (χ3v) is 2.79. The number of hydrogen-bond acceptors (Lipinski definition) is 3. The molecule has 17 heavy (non-hydrogen) atoms. The second-order valence-corrected chi connectivity index (χ2v) is 4.09. The van der Waals surface area contributed by atoms with Gasteiger partial charge in [0.05, 0.1) is 5.69 Å². The maximum Gasteiger partial charge on any atom is 0.254 e. The number of pyridine rings is 1. The predicted molar refractivity (Wildman–Crippen MR) is 67.2 cm³/mol. The van der Waals surface area contributed by atoms with Crippen molar-refractivity contribution in [2.45, 2.75) is 20.3 Å². The number of H-pyrrole nitrogens is 1. The van der Waals surface area contributed by atoms with E-state index in [0.29, 0.717) is 16.5 Å². The Balaban J connectivity index is 2.61. The fourth-order valence-corrected chi connectivity index (χ4v) is 1.78. The van der Waals surface area contributed by atoms with Crippen LogP contribution in [-0.4, -0.2) is 15.0 Å². The molecule has 4 nitrogen and oxygen atoms in total. The van der Waals surface area contributed by atoms with E-state index in [2.05, 4.69) is 15.0 Å². The van der Waals surface area contributed by atoms with Crippen molar-refractivity contribution in [1.29, 1.82) is 0 Å². The van der Waals surface area contributed by atoms with Gasteiger partial charge in [-0.1, -0.05) is 18.5 Å². The average molecular weight is 250 g/mol. The quantitative estimate of drug-likeness (QED) is 0.832. The molecule has 0 fully saturated rings. The summed E-state index contributed by atoms with van der Waals surface area (Å²) in [6, 6.07) is 3.44. The number of halogens is 1. The highest BCUT2D eigenvalue weighted by molar-refractivity contribution is 6.29. The summed E-state index contributed by atoms with van der Waals surface area (Å²) in [6.07, 6.45) is 2.31. The van der Waals surface area contributed by atoms with Crippen molar-refractivity contribution in [2.24, 2.45) is 0 Å². The molecule has 0 amide bonds. The Labute approximate surface area is 104 Å². The predicted octanol–water partition coefficient (Wildman–Crippen LogP) is 2.36. The molecule has 2 aromatic heterocycles. The topological polar surface area (TPSA) is 58.6 Å². The minimum absolute atomic E-state index is 0.111. The molecule has 0 aliphatic carbocycles. The Morgan fingerprint density at radius 2 is 2.24 bits per heavy atom. The van der Waals surface area contributed by atoms with Gasteiger partial charge in [0.25, 0.3) is 5.56 Å². The van der Waals surface area contributed by atoms with Crippen LogP contribution in [0, 0.1) is 6.92 Å². The number of aromatic amines is 1. The lowest BCUT2D eigenvalue weighted by Gasteiger charge is -2.05. The van der Waals surface area contributed by atoms with Crippen molar-refractivity contribution in [1.82, 2.24) is 15.0 Å². The van der Waals surface area contributed by atoms with Crippen molar-refractivity contribution in [3.63, 3.8) is 0 Å². The van der Waals surface area contributed by atoms with Gasteiger partial charge in [0, 0.05) is 17.3 Å².